The summed E-state index contributed by atoms with van der Waals surface area (Å²) in [5.74, 6) is 1.79. The van der Waals surface area contributed by atoms with Gasteiger partial charge in [-0.1, -0.05) is 0 Å². The van der Waals surface area contributed by atoms with E-state index >= 15 is 0 Å². The van der Waals surface area contributed by atoms with Crippen LogP contribution in [0.5, 0.6) is 0 Å². The molecule has 5 saturated carbocycles. The van der Waals surface area contributed by atoms with Gasteiger partial charge in [0, 0.05) is 11.5 Å². The van der Waals surface area contributed by atoms with Crippen LogP contribution in [0.3, 0.4) is 0 Å². The van der Waals surface area contributed by atoms with Gasteiger partial charge in [0.05, 0.1) is 28.7 Å². The van der Waals surface area contributed by atoms with Gasteiger partial charge in [-0.2, -0.15) is 5.10 Å². The zero-order valence-corrected chi connectivity index (χ0v) is 17.0. The number of aromatic carboxylic acids is 1. The molecule has 1 heterocycles. The summed E-state index contributed by atoms with van der Waals surface area (Å²) in [5.41, 5.74) is 2.70. The van der Waals surface area contributed by atoms with Crippen molar-refractivity contribution in [3.63, 3.8) is 0 Å². The van der Waals surface area contributed by atoms with Crippen LogP contribution >= 0.6 is 0 Å². The highest BCUT2D eigenvalue weighted by molar-refractivity contribution is 5.96. The third kappa shape index (κ3) is 2.96. The summed E-state index contributed by atoms with van der Waals surface area (Å²) in [6.45, 7) is 0. The first-order chi connectivity index (χ1) is 14.5. The van der Waals surface area contributed by atoms with Gasteiger partial charge >= 0.3 is 5.97 Å². The van der Waals surface area contributed by atoms with E-state index in [0.29, 0.717) is 11.5 Å². The summed E-state index contributed by atoms with van der Waals surface area (Å²) in [6, 6.07) is 6.71. The second-order valence-electron chi connectivity index (χ2n) is 10.1. The predicted octanol–water partition coefficient (Wildman–Crippen LogP) is 4.15. The van der Waals surface area contributed by atoms with Crippen LogP contribution in [0.25, 0.3) is 5.69 Å². The molecule has 1 amide bonds. The summed E-state index contributed by atoms with van der Waals surface area (Å²) in [5, 5.41) is 17.2. The largest absolute Gasteiger partial charge is 0.478 e. The highest BCUT2D eigenvalue weighted by Gasteiger charge is 2.51. The summed E-state index contributed by atoms with van der Waals surface area (Å²) in [7, 11) is 0. The molecule has 156 valence electrons. The zero-order valence-electron chi connectivity index (χ0n) is 17.0. The van der Waals surface area contributed by atoms with E-state index in [0.717, 1.165) is 61.2 Å². The number of carboxylic acids is 1. The maximum atomic E-state index is 13.4. The second kappa shape index (κ2) is 6.43. The minimum absolute atomic E-state index is 0.0160. The fourth-order valence-corrected chi connectivity index (χ4v) is 6.81. The highest BCUT2D eigenvalue weighted by Crippen LogP contribution is 2.55. The fraction of sp³-hybridized carbons (Fsp3) is 0.542. The fourth-order valence-electron chi connectivity index (χ4n) is 6.81. The van der Waals surface area contributed by atoms with Crippen molar-refractivity contribution in [2.24, 2.45) is 17.8 Å². The van der Waals surface area contributed by atoms with E-state index in [1.54, 1.807) is 30.5 Å². The average molecular weight is 405 g/mol. The number of nitrogens with zero attached hydrogens (tertiary/aromatic N) is 2. The van der Waals surface area contributed by atoms with Gasteiger partial charge < -0.3 is 10.4 Å². The maximum Gasteiger partial charge on any atom is 0.335 e. The molecule has 0 atom stereocenters. The minimum Gasteiger partial charge on any atom is -0.478 e. The number of amides is 1. The van der Waals surface area contributed by atoms with Gasteiger partial charge in [0.15, 0.2) is 0 Å². The number of nitrogens with one attached hydrogen (secondary N) is 1. The van der Waals surface area contributed by atoms with Gasteiger partial charge in [0.1, 0.15) is 0 Å². The van der Waals surface area contributed by atoms with Crippen LogP contribution in [-0.4, -0.2) is 32.3 Å². The van der Waals surface area contributed by atoms with Gasteiger partial charge in [-0.25, -0.2) is 9.48 Å². The lowest BCUT2D eigenvalue weighted by molar-refractivity contribution is -0.0167. The third-order valence-electron chi connectivity index (χ3n) is 7.79. The number of hydrogen-bond acceptors (Lipinski definition) is 3. The molecular weight excluding hydrogens is 378 g/mol. The van der Waals surface area contributed by atoms with E-state index in [1.165, 1.54) is 19.3 Å². The van der Waals surface area contributed by atoms with Crippen molar-refractivity contribution in [2.75, 3.05) is 0 Å². The van der Waals surface area contributed by atoms with Crippen molar-refractivity contribution in [1.82, 2.24) is 15.1 Å². The number of rotatable bonds is 5. The van der Waals surface area contributed by atoms with Crippen LogP contribution in [0.1, 0.15) is 83.7 Å². The molecule has 4 bridgehead atoms. The molecule has 1 aromatic carbocycles. The van der Waals surface area contributed by atoms with Crippen LogP contribution in [0, 0.1) is 17.8 Å². The first kappa shape index (κ1) is 18.2. The number of hydrogen-bond donors (Lipinski definition) is 2. The van der Waals surface area contributed by atoms with Crippen molar-refractivity contribution in [3.05, 3.63) is 47.3 Å². The Kier molecular flexibility index (Phi) is 3.89. The van der Waals surface area contributed by atoms with Gasteiger partial charge in [-0.05, 0) is 93.4 Å². The second-order valence-corrected chi connectivity index (χ2v) is 10.1. The number of benzene rings is 1. The van der Waals surface area contributed by atoms with Crippen LogP contribution in [0.15, 0.2) is 30.5 Å². The van der Waals surface area contributed by atoms with Crippen molar-refractivity contribution in [3.8, 4) is 5.69 Å². The Morgan fingerprint density at radius 3 is 2.13 bits per heavy atom. The van der Waals surface area contributed by atoms with Crippen LogP contribution in [-0.2, 0) is 0 Å². The van der Waals surface area contributed by atoms with Gasteiger partial charge in [0.25, 0.3) is 5.91 Å². The normalized spacial score (nSPS) is 31.7. The molecule has 6 heteroatoms. The molecule has 0 radical (unpaired) electrons. The molecule has 5 fully saturated rings. The Morgan fingerprint density at radius 1 is 1.00 bits per heavy atom. The lowest BCUT2D eigenvalue weighted by Gasteiger charge is -2.56. The summed E-state index contributed by atoms with van der Waals surface area (Å²) < 4.78 is 1.83. The van der Waals surface area contributed by atoms with Crippen LogP contribution < -0.4 is 5.32 Å². The molecule has 0 spiro atoms. The van der Waals surface area contributed by atoms with E-state index in [1.807, 2.05) is 4.68 Å². The number of carbonyl (C=O) groups is 2. The molecule has 0 saturated heterocycles. The quantitative estimate of drug-likeness (QED) is 0.783. The van der Waals surface area contributed by atoms with E-state index in [4.69, 9.17) is 5.11 Å². The van der Waals surface area contributed by atoms with E-state index < -0.39 is 5.97 Å². The molecule has 5 aliphatic rings. The Morgan fingerprint density at radius 2 is 1.60 bits per heavy atom. The highest BCUT2D eigenvalue weighted by atomic mass is 16.4. The van der Waals surface area contributed by atoms with E-state index in [2.05, 4.69) is 10.4 Å². The van der Waals surface area contributed by atoms with E-state index in [9.17, 15) is 9.59 Å². The number of carbonyl (C=O) groups excluding carboxylic acids is 1. The molecule has 0 aliphatic heterocycles. The molecule has 0 unspecified atom stereocenters. The topological polar surface area (TPSA) is 84.2 Å². The molecular formula is C24H27N3O3. The monoisotopic (exact) mass is 405 g/mol. The molecule has 30 heavy (non-hydrogen) atoms. The summed E-state index contributed by atoms with van der Waals surface area (Å²) in [6.07, 6.45) is 11.3. The maximum absolute atomic E-state index is 13.4. The smallest absolute Gasteiger partial charge is 0.335 e. The standard InChI is InChI=1S/C24H27N3O3/c28-22(26-24-10-14-7-15(11-24)9-16(8-14)12-24)20-13-25-27(21(20)17-1-2-17)19-5-3-18(4-6-19)23(29)30/h3-6,13-17H,1-2,7-12H2,(H,26,28)(H,29,30). The lowest BCUT2D eigenvalue weighted by atomic mass is 9.53. The van der Waals surface area contributed by atoms with Gasteiger partial charge in [-0.3, -0.25) is 4.79 Å². The third-order valence-corrected chi connectivity index (χ3v) is 7.79. The average Bonchev–Trinajstić information content (AvgIpc) is 3.44. The molecule has 6 nitrogen and oxygen atoms in total. The van der Waals surface area contributed by atoms with Crippen molar-refractivity contribution in [1.29, 1.82) is 0 Å². The van der Waals surface area contributed by atoms with Gasteiger partial charge in [-0.15, -0.1) is 0 Å². The van der Waals surface area contributed by atoms with Crippen molar-refractivity contribution < 1.29 is 14.7 Å². The summed E-state index contributed by atoms with van der Waals surface area (Å²) in [4.78, 5) is 24.6. The van der Waals surface area contributed by atoms with Crippen molar-refractivity contribution >= 4 is 11.9 Å². The lowest BCUT2D eigenvalue weighted by Crippen LogP contribution is -2.59. The zero-order chi connectivity index (χ0) is 20.5. The molecule has 5 aliphatic carbocycles. The predicted molar refractivity (Wildman–Crippen MR) is 111 cm³/mol. The molecule has 7 rings (SSSR count). The SMILES string of the molecule is O=C(O)c1ccc(-n2ncc(C(=O)NC34CC5CC(CC(C5)C3)C4)c2C2CC2)cc1. The Hall–Kier alpha value is -2.63. The Bertz CT molecular complexity index is 984. The first-order valence-electron chi connectivity index (χ1n) is 11.2. The van der Waals surface area contributed by atoms with Gasteiger partial charge in [0.2, 0.25) is 0 Å². The molecule has 1 aromatic heterocycles. The first-order valence-corrected chi connectivity index (χ1v) is 11.2. The van der Waals surface area contributed by atoms with E-state index in [-0.39, 0.29) is 17.0 Å². The number of carboxylic acid groups (broad SMARTS) is 1. The Labute approximate surface area is 175 Å². The molecule has 2 N–H and O–H groups in total. The summed E-state index contributed by atoms with van der Waals surface area (Å²) >= 11 is 0. The van der Waals surface area contributed by atoms with Crippen molar-refractivity contribution in [2.45, 2.75) is 62.8 Å². The minimum atomic E-state index is -0.944. The number of aromatic nitrogens is 2. The van der Waals surface area contributed by atoms with Crippen LogP contribution in [0.4, 0.5) is 0 Å². The molecule has 2 aromatic rings. The Balaban J connectivity index is 1.30. The van der Waals surface area contributed by atoms with Crippen LogP contribution in [0.2, 0.25) is 0 Å².